The summed E-state index contributed by atoms with van der Waals surface area (Å²) in [6.07, 6.45) is -0.167. The Labute approximate surface area is 239 Å². The average Bonchev–Trinajstić information content (AvgIpc) is 2.97. The van der Waals surface area contributed by atoms with E-state index in [0.717, 1.165) is 16.7 Å². The maximum Gasteiger partial charge on any atom is 0.247 e. The molecule has 8 nitrogen and oxygen atoms in total. The fraction of sp³-hybridized carbons (Fsp3) is 0.323. The molecule has 40 heavy (non-hydrogen) atoms. The van der Waals surface area contributed by atoms with Gasteiger partial charge in [-0.15, -0.1) is 0 Å². The second kappa shape index (κ2) is 13.7. The van der Waals surface area contributed by atoms with Gasteiger partial charge in [0.15, 0.2) is 5.78 Å². The first-order valence-electron chi connectivity index (χ1n) is 13.4. The van der Waals surface area contributed by atoms with Crippen LogP contribution < -0.4 is 16.4 Å². The van der Waals surface area contributed by atoms with Crippen molar-refractivity contribution in [3.63, 3.8) is 0 Å². The Morgan fingerprint density at radius 2 is 1.70 bits per heavy atom. The number of aryl methyl sites for hydroxylation is 1. The van der Waals surface area contributed by atoms with Crippen LogP contribution in [0.3, 0.4) is 0 Å². The van der Waals surface area contributed by atoms with E-state index in [1.54, 1.807) is 41.3 Å². The van der Waals surface area contributed by atoms with Gasteiger partial charge in [-0.3, -0.25) is 19.3 Å². The number of carbonyl (C=O) groups is 3. The molecule has 3 aromatic carbocycles. The summed E-state index contributed by atoms with van der Waals surface area (Å²) >= 11 is 6.29. The summed E-state index contributed by atoms with van der Waals surface area (Å²) < 4.78 is 0. The van der Waals surface area contributed by atoms with Crippen LogP contribution in [-0.4, -0.2) is 52.5 Å². The lowest BCUT2D eigenvalue weighted by Gasteiger charge is -2.39. The number of Topliss-reactive ketones (excluding diaryl/α,β-unsaturated/α-hetero) is 1. The first-order valence-corrected chi connectivity index (χ1v) is 13.8. The molecule has 0 spiro atoms. The number of hydrogen-bond donors (Lipinski definition) is 4. The van der Waals surface area contributed by atoms with Gasteiger partial charge < -0.3 is 21.5 Å². The zero-order valence-electron chi connectivity index (χ0n) is 22.5. The number of nitrogens with zero attached hydrogens (tertiary/aromatic N) is 1. The van der Waals surface area contributed by atoms with Crippen molar-refractivity contribution in [3.8, 4) is 0 Å². The van der Waals surface area contributed by atoms with Gasteiger partial charge >= 0.3 is 0 Å². The zero-order chi connectivity index (χ0) is 28.6. The Kier molecular flexibility index (Phi) is 10.1. The minimum atomic E-state index is -1.04. The topological polar surface area (TPSA) is 125 Å². The van der Waals surface area contributed by atoms with Crippen molar-refractivity contribution in [1.29, 1.82) is 0 Å². The Hall–Kier alpha value is -3.56. The number of para-hydroxylation sites is 1. The molecular weight excluding hydrogens is 528 g/mol. The van der Waals surface area contributed by atoms with Gasteiger partial charge in [-0.2, -0.15) is 0 Å². The number of nitrogens with one attached hydrogen (secondary N) is 2. The number of anilines is 1. The van der Waals surface area contributed by atoms with Gasteiger partial charge in [0.2, 0.25) is 11.8 Å². The maximum atomic E-state index is 13.7. The molecule has 1 aliphatic heterocycles. The molecule has 4 rings (SSSR count). The minimum absolute atomic E-state index is 0.0763. The molecule has 3 atom stereocenters. The molecule has 1 heterocycles. The van der Waals surface area contributed by atoms with Crippen LogP contribution in [0.25, 0.3) is 0 Å². The SMILES string of the molecule is Cc1cccc(Cl)c1NC(=O)[C@H](CCN)NC(=O)[C@@H]1Cc2ccccc2CN1C(O)CCC(=O)c1ccccc1. The number of aliphatic hydroxyl groups excluding tert-OH is 1. The average molecular weight is 563 g/mol. The van der Waals surface area contributed by atoms with Crippen molar-refractivity contribution in [2.75, 3.05) is 11.9 Å². The van der Waals surface area contributed by atoms with Crippen LogP contribution in [0.2, 0.25) is 5.02 Å². The van der Waals surface area contributed by atoms with Crippen LogP contribution in [0.15, 0.2) is 72.8 Å². The Morgan fingerprint density at radius 1 is 1.00 bits per heavy atom. The third-order valence-corrected chi connectivity index (χ3v) is 7.57. The van der Waals surface area contributed by atoms with E-state index in [1.165, 1.54) is 0 Å². The molecule has 0 bridgehead atoms. The van der Waals surface area contributed by atoms with E-state index < -0.39 is 30.1 Å². The second-order valence-corrected chi connectivity index (χ2v) is 10.4. The monoisotopic (exact) mass is 562 g/mol. The molecule has 1 aliphatic rings. The summed E-state index contributed by atoms with van der Waals surface area (Å²) in [5.41, 5.74) is 9.65. The summed E-state index contributed by atoms with van der Waals surface area (Å²) in [7, 11) is 0. The number of ketones is 1. The van der Waals surface area contributed by atoms with Crippen LogP contribution in [-0.2, 0) is 22.6 Å². The van der Waals surface area contributed by atoms with Gasteiger partial charge in [-0.05, 0) is 55.5 Å². The first-order chi connectivity index (χ1) is 19.3. The van der Waals surface area contributed by atoms with Crippen molar-refractivity contribution in [3.05, 3.63) is 100 Å². The van der Waals surface area contributed by atoms with Crippen molar-refractivity contribution in [1.82, 2.24) is 10.2 Å². The van der Waals surface area contributed by atoms with Gasteiger partial charge in [-0.1, -0.05) is 78.3 Å². The summed E-state index contributed by atoms with van der Waals surface area (Å²) in [5, 5.41) is 17.3. The van der Waals surface area contributed by atoms with Crippen LogP contribution >= 0.6 is 11.6 Å². The van der Waals surface area contributed by atoms with E-state index >= 15 is 0 Å². The molecule has 0 aromatic heterocycles. The third kappa shape index (κ3) is 7.14. The summed E-state index contributed by atoms with van der Waals surface area (Å²) in [6, 6.07) is 20.3. The van der Waals surface area contributed by atoms with Crippen molar-refractivity contribution in [2.24, 2.45) is 5.73 Å². The number of nitrogens with two attached hydrogens (primary N) is 1. The number of amides is 2. The molecule has 0 radical (unpaired) electrons. The number of hydrogen-bond acceptors (Lipinski definition) is 6. The summed E-state index contributed by atoms with van der Waals surface area (Å²) in [6.45, 7) is 2.35. The van der Waals surface area contributed by atoms with Gasteiger partial charge in [0.05, 0.1) is 16.8 Å². The predicted molar refractivity (Wildman–Crippen MR) is 156 cm³/mol. The summed E-state index contributed by atoms with van der Waals surface area (Å²) in [5.74, 6) is -0.896. The van der Waals surface area contributed by atoms with E-state index in [2.05, 4.69) is 10.6 Å². The van der Waals surface area contributed by atoms with E-state index in [-0.39, 0.29) is 31.6 Å². The van der Waals surface area contributed by atoms with Crippen molar-refractivity contribution >= 4 is 34.9 Å². The molecule has 0 saturated carbocycles. The number of rotatable bonds is 11. The van der Waals surface area contributed by atoms with Crippen LogP contribution in [0.5, 0.6) is 0 Å². The molecule has 210 valence electrons. The third-order valence-electron chi connectivity index (χ3n) is 7.25. The van der Waals surface area contributed by atoms with Crippen LogP contribution in [0, 0.1) is 6.92 Å². The summed E-state index contributed by atoms with van der Waals surface area (Å²) in [4.78, 5) is 41.3. The quantitative estimate of drug-likeness (QED) is 0.263. The first kappa shape index (κ1) is 29.4. The zero-order valence-corrected chi connectivity index (χ0v) is 23.2. The highest BCUT2D eigenvalue weighted by atomic mass is 35.5. The largest absolute Gasteiger partial charge is 0.378 e. The molecule has 2 amide bonds. The van der Waals surface area contributed by atoms with Crippen LogP contribution in [0.1, 0.15) is 46.3 Å². The fourth-order valence-electron chi connectivity index (χ4n) is 5.00. The van der Waals surface area contributed by atoms with E-state index in [0.29, 0.717) is 29.2 Å². The lowest BCUT2D eigenvalue weighted by atomic mass is 9.92. The standard InChI is InChI=1S/C31H35ClN4O4/c1-20-8-7-13-24(32)29(20)35-30(39)25(16-17-33)34-31(40)26-18-22-11-5-6-12-23(22)19-36(26)28(38)15-14-27(37)21-9-3-2-4-10-21/h2-13,25-26,28,38H,14-19,33H2,1H3,(H,34,40)(H,35,39)/t25-,26-,28?/m0/s1. The van der Waals surface area contributed by atoms with Crippen molar-refractivity contribution in [2.45, 2.75) is 57.5 Å². The lowest BCUT2D eigenvalue weighted by Crippen LogP contribution is -2.57. The van der Waals surface area contributed by atoms with Gasteiger partial charge in [0, 0.05) is 18.5 Å². The molecular formula is C31H35ClN4O4. The van der Waals surface area contributed by atoms with Gasteiger partial charge in [0.1, 0.15) is 12.3 Å². The Balaban J connectivity index is 1.50. The van der Waals surface area contributed by atoms with E-state index in [9.17, 15) is 19.5 Å². The lowest BCUT2D eigenvalue weighted by molar-refractivity contribution is -0.136. The van der Waals surface area contributed by atoms with Gasteiger partial charge in [0.25, 0.3) is 0 Å². The molecule has 5 N–H and O–H groups in total. The van der Waals surface area contributed by atoms with E-state index in [1.807, 2.05) is 43.3 Å². The van der Waals surface area contributed by atoms with Crippen molar-refractivity contribution < 1.29 is 19.5 Å². The number of fused-ring (bicyclic) bond motifs is 1. The molecule has 3 aromatic rings. The molecule has 9 heteroatoms. The molecule has 0 aliphatic carbocycles. The normalized spacial score (nSPS) is 16.4. The number of halogens is 1. The highest BCUT2D eigenvalue weighted by Crippen LogP contribution is 2.28. The molecule has 0 saturated heterocycles. The predicted octanol–water partition coefficient (Wildman–Crippen LogP) is 3.83. The minimum Gasteiger partial charge on any atom is -0.378 e. The van der Waals surface area contributed by atoms with Crippen LogP contribution in [0.4, 0.5) is 5.69 Å². The highest BCUT2D eigenvalue weighted by Gasteiger charge is 2.36. The molecule has 0 fully saturated rings. The maximum absolute atomic E-state index is 13.7. The van der Waals surface area contributed by atoms with Gasteiger partial charge in [-0.25, -0.2) is 0 Å². The number of benzene rings is 3. The molecule has 1 unspecified atom stereocenters. The fourth-order valence-corrected chi connectivity index (χ4v) is 5.27. The Bertz CT molecular complexity index is 1330. The smallest absolute Gasteiger partial charge is 0.247 e. The Morgan fingerprint density at radius 3 is 2.40 bits per heavy atom. The second-order valence-electron chi connectivity index (χ2n) is 10.0. The highest BCUT2D eigenvalue weighted by molar-refractivity contribution is 6.34. The number of aliphatic hydroxyl groups is 1. The van der Waals surface area contributed by atoms with E-state index in [4.69, 9.17) is 17.3 Å². The number of carbonyl (C=O) groups excluding carboxylic acids is 3.